The van der Waals surface area contributed by atoms with Gasteiger partial charge in [0.1, 0.15) is 12.4 Å². The van der Waals surface area contributed by atoms with Crippen molar-refractivity contribution in [3.8, 4) is 23.0 Å². The van der Waals surface area contributed by atoms with Crippen molar-refractivity contribution < 1.29 is 9.90 Å². The first-order valence-corrected chi connectivity index (χ1v) is 9.36. The SMILES string of the molecule is CC#CCn1nc(CCC)nc1Cc1ccc(-c2ccccc2C(=O)O)cc1. The molecule has 0 aliphatic rings. The van der Waals surface area contributed by atoms with Crippen LogP contribution in [0.5, 0.6) is 0 Å². The van der Waals surface area contributed by atoms with Crippen LogP contribution in [0.1, 0.15) is 47.8 Å². The topological polar surface area (TPSA) is 68.0 Å². The van der Waals surface area contributed by atoms with Gasteiger partial charge in [-0.05, 0) is 36.1 Å². The van der Waals surface area contributed by atoms with Crippen LogP contribution in [0.15, 0.2) is 48.5 Å². The van der Waals surface area contributed by atoms with Crippen LogP contribution < -0.4 is 0 Å². The van der Waals surface area contributed by atoms with Crippen LogP contribution in [0, 0.1) is 11.8 Å². The van der Waals surface area contributed by atoms with Crippen LogP contribution >= 0.6 is 0 Å². The van der Waals surface area contributed by atoms with E-state index in [9.17, 15) is 9.90 Å². The number of hydrogen-bond donors (Lipinski definition) is 1. The lowest BCUT2D eigenvalue weighted by Gasteiger charge is -2.08. The Hall–Kier alpha value is -3.39. The third-order valence-corrected chi connectivity index (χ3v) is 4.46. The Morgan fingerprint density at radius 2 is 1.89 bits per heavy atom. The molecule has 5 nitrogen and oxygen atoms in total. The summed E-state index contributed by atoms with van der Waals surface area (Å²) < 4.78 is 1.87. The van der Waals surface area contributed by atoms with Gasteiger partial charge in [-0.2, -0.15) is 5.10 Å². The predicted molar refractivity (Wildman–Crippen MR) is 109 cm³/mol. The molecular weight excluding hydrogens is 350 g/mol. The first-order chi connectivity index (χ1) is 13.6. The van der Waals surface area contributed by atoms with E-state index in [2.05, 4.69) is 28.8 Å². The lowest BCUT2D eigenvalue weighted by molar-refractivity contribution is 0.0697. The maximum Gasteiger partial charge on any atom is 0.336 e. The molecule has 1 aromatic heterocycles. The Morgan fingerprint density at radius 1 is 1.14 bits per heavy atom. The predicted octanol–water partition coefficient (Wildman–Crippen LogP) is 4.21. The number of aryl methyl sites for hydroxylation is 1. The van der Waals surface area contributed by atoms with E-state index in [1.165, 1.54) is 0 Å². The molecule has 1 N–H and O–H groups in total. The summed E-state index contributed by atoms with van der Waals surface area (Å²) in [5, 5.41) is 14.0. The molecule has 142 valence electrons. The maximum absolute atomic E-state index is 11.5. The molecule has 0 aliphatic heterocycles. The highest BCUT2D eigenvalue weighted by Gasteiger charge is 2.12. The second-order valence-corrected chi connectivity index (χ2v) is 6.50. The summed E-state index contributed by atoms with van der Waals surface area (Å²) in [6.07, 6.45) is 2.51. The molecule has 0 spiro atoms. The van der Waals surface area contributed by atoms with Gasteiger partial charge >= 0.3 is 5.97 Å². The molecule has 0 atom stereocenters. The summed E-state index contributed by atoms with van der Waals surface area (Å²) in [4.78, 5) is 16.1. The van der Waals surface area contributed by atoms with E-state index >= 15 is 0 Å². The number of carboxylic acid groups (broad SMARTS) is 1. The summed E-state index contributed by atoms with van der Waals surface area (Å²) in [7, 11) is 0. The van der Waals surface area contributed by atoms with Crippen molar-refractivity contribution in [1.29, 1.82) is 0 Å². The van der Waals surface area contributed by atoms with Gasteiger partial charge in [0.2, 0.25) is 0 Å². The van der Waals surface area contributed by atoms with E-state index in [0.717, 1.165) is 35.6 Å². The summed E-state index contributed by atoms with van der Waals surface area (Å²) in [6.45, 7) is 4.46. The number of aromatic carboxylic acids is 1. The van der Waals surface area contributed by atoms with Gasteiger partial charge in [0, 0.05) is 12.8 Å². The molecule has 0 radical (unpaired) electrons. The molecule has 28 heavy (non-hydrogen) atoms. The zero-order valence-electron chi connectivity index (χ0n) is 16.1. The van der Waals surface area contributed by atoms with E-state index < -0.39 is 5.97 Å². The molecule has 0 aliphatic carbocycles. The summed E-state index contributed by atoms with van der Waals surface area (Å²) in [5.41, 5.74) is 3.00. The Balaban J connectivity index is 1.85. The van der Waals surface area contributed by atoms with Crippen LogP contribution in [-0.2, 0) is 19.4 Å². The van der Waals surface area contributed by atoms with Crippen molar-refractivity contribution in [2.24, 2.45) is 0 Å². The van der Waals surface area contributed by atoms with Gasteiger partial charge in [-0.3, -0.25) is 0 Å². The first-order valence-electron chi connectivity index (χ1n) is 9.36. The second-order valence-electron chi connectivity index (χ2n) is 6.50. The average Bonchev–Trinajstić information content (AvgIpc) is 3.08. The lowest BCUT2D eigenvalue weighted by atomic mass is 9.98. The van der Waals surface area contributed by atoms with Crippen molar-refractivity contribution in [2.75, 3.05) is 0 Å². The quantitative estimate of drug-likeness (QED) is 0.630. The smallest absolute Gasteiger partial charge is 0.336 e. The lowest BCUT2D eigenvalue weighted by Crippen LogP contribution is -2.05. The fourth-order valence-electron chi connectivity index (χ4n) is 3.07. The molecule has 3 rings (SSSR count). The van der Waals surface area contributed by atoms with Crippen molar-refractivity contribution in [3.05, 3.63) is 71.3 Å². The number of hydrogen-bond acceptors (Lipinski definition) is 3. The fraction of sp³-hybridized carbons (Fsp3) is 0.261. The minimum Gasteiger partial charge on any atom is -0.478 e. The second kappa shape index (κ2) is 9.01. The minimum absolute atomic E-state index is 0.303. The fourth-order valence-corrected chi connectivity index (χ4v) is 3.07. The highest BCUT2D eigenvalue weighted by Crippen LogP contribution is 2.24. The van der Waals surface area contributed by atoms with Crippen molar-refractivity contribution in [3.63, 3.8) is 0 Å². The normalized spacial score (nSPS) is 10.4. The summed E-state index contributed by atoms with van der Waals surface area (Å²) in [6, 6.07) is 15.0. The van der Waals surface area contributed by atoms with Crippen LogP contribution in [0.2, 0.25) is 0 Å². The van der Waals surface area contributed by atoms with Gasteiger partial charge in [-0.25, -0.2) is 14.5 Å². The molecule has 1 heterocycles. The number of nitrogens with zero attached hydrogens (tertiary/aromatic N) is 3. The average molecular weight is 373 g/mol. The molecule has 0 unspecified atom stereocenters. The van der Waals surface area contributed by atoms with Gasteiger partial charge in [0.05, 0.1) is 5.56 Å². The maximum atomic E-state index is 11.5. The number of carboxylic acids is 1. The zero-order valence-corrected chi connectivity index (χ0v) is 16.1. The molecule has 3 aromatic rings. The van der Waals surface area contributed by atoms with Crippen molar-refractivity contribution in [1.82, 2.24) is 14.8 Å². The largest absolute Gasteiger partial charge is 0.478 e. The number of benzene rings is 2. The number of rotatable bonds is 7. The third-order valence-electron chi connectivity index (χ3n) is 4.46. The summed E-state index contributed by atoms with van der Waals surface area (Å²) in [5.74, 6) is 6.77. The highest BCUT2D eigenvalue weighted by atomic mass is 16.4. The first kappa shape index (κ1) is 19.4. The monoisotopic (exact) mass is 373 g/mol. The van der Waals surface area contributed by atoms with Crippen molar-refractivity contribution >= 4 is 5.97 Å². The molecule has 0 saturated carbocycles. The molecule has 0 amide bonds. The number of aromatic nitrogens is 3. The molecule has 2 aromatic carbocycles. The van der Waals surface area contributed by atoms with E-state index in [1.54, 1.807) is 12.1 Å². The molecule has 0 bridgehead atoms. The standard InChI is InChI=1S/C23H23N3O2/c1-3-5-15-26-22(24-21(25-26)8-4-2)16-17-11-13-18(14-12-17)19-9-6-7-10-20(19)23(27)28/h6-7,9-14H,4,8,15-16H2,1-2H3,(H,27,28). The molecule has 0 fully saturated rings. The summed E-state index contributed by atoms with van der Waals surface area (Å²) >= 11 is 0. The van der Waals surface area contributed by atoms with Gasteiger partial charge in [0.25, 0.3) is 0 Å². The molecular formula is C23H23N3O2. The Kier molecular flexibility index (Phi) is 6.23. The van der Waals surface area contributed by atoms with Crippen LogP contribution in [-0.4, -0.2) is 25.8 Å². The van der Waals surface area contributed by atoms with Gasteiger partial charge < -0.3 is 5.11 Å². The highest BCUT2D eigenvalue weighted by molar-refractivity contribution is 5.95. The number of carbonyl (C=O) groups is 1. The molecule has 5 heteroatoms. The zero-order chi connectivity index (χ0) is 19.9. The van der Waals surface area contributed by atoms with Crippen LogP contribution in [0.25, 0.3) is 11.1 Å². The Labute approximate surface area is 165 Å². The Bertz CT molecular complexity index is 1020. The third kappa shape index (κ3) is 4.47. The van der Waals surface area contributed by atoms with Gasteiger partial charge in [-0.15, -0.1) is 5.92 Å². The molecule has 0 saturated heterocycles. The van der Waals surface area contributed by atoms with E-state index in [-0.39, 0.29) is 0 Å². The Morgan fingerprint density at radius 3 is 2.57 bits per heavy atom. The van der Waals surface area contributed by atoms with E-state index in [4.69, 9.17) is 0 Å². The van der Waals surface area contributed by atoms with Crippen molar-refractivity contribution in [2.45, 2.75) is 39.7 Å². The van der Waals surface area contributed by atoms with Crippen LogP contribution in [0.4, 0.5) is 0 Å². The van der Waals surface area contributed by atoms with E-state index in [0.29, 0.717) is 24.1 Å². The van der Waals surface area contributed by atoms with Gasteiger partial charge in [0.15, 0.2) is 5.82 Å². The minimum atomic E-state index is -0.923. The van der Waals surface area contributed by atoms with Crippen LogP contribution in [0.3, 0.4) is 0 Å². The van der Waals surface area contributed by atoms with Gasteiger partial charge in [-0.1, -0.05) is 55.3 Å². The van der Waals surface area contributed by atoms with E-state index in [1.807, 2.05) is 48.0 Å².